The van der Waals surface area contributed by atoms with Crippen molar-refractivity contribution in [3.63, 3.8) is 0 Å². The number of hydrogen-bond acceptors (Lipinski definition) is 2. The molecule has 0 aromatic carbocycles. The summed E-state index contributed by atoms with van der Waals surface area (Å²) in [6.45, 7) is 0. The molecule has 0 aromatic rings. The van der Waals surface area contributed by atoms with Gasteiger partial charge in [-0.25, -0.2) is 0 Å². The lowest BCUT2D eigenvalue weighted by Crippen LogP contribution is -1.84. The summed E-state index contributed by atoms with van der Waals surface area (Å²) in [6, 6.07) is 0. The van der Waals surface area contributed by atoms with E-state index in [1.54, 1.807) is 0 Å². The Hall–Kier alpha value is 0.565. The normalized spacial score (nSPS) is 7.60. The summed E-state index contributed by atoms with van der Waals surface area (Å²) in [7, 11) is 0.781. The van der Waals surface area contributed by atoms with E-state index >= 15 is 0 Å². The summed E-state index contributed by atoms with van der Waals surface area (Å²) in [6.07, 6.45) is 0. The van der Waals surface area contributed by atoms with Crippen molar-refractivity contribution < 1.29 is 8.41 Å². The minimum atomic E-state index is 0.781. The molecule has 0 heterocycles. The summed E-state index contributed by atoms with van der Waals surface area (Å²) < 4.78 is 7.37. The molecule has 29 valence electrons. The van der Waals surface area contributed by atoms with Crippen LogP contribution in [0.4, 0.5) is 0 Å². The van der Waals surface area contributed by atoms with Gasteiger partial charge in [-0.05, 0) is 0 Å². The minimum absolute atomic E-state index is 0.781. The van der Waals surface area contributed by atoms with Crippen LogP contribution < -0.4 is 0 Å². The van der Waals surface area contributed by atoms with Gasteiger partial charge in [0.25, 0.3) is 0 Å². The molecule has 0 atom stereocenters. The topological polar surface area (TPSA) is 18.5 Å². The maximum absolute atomic E-state index is 4.54. The largest absolute Gasteiger partial charge is 0.523 e. The summed E-state index contributed by atoms with van der Waals surface area (Å²) >= 11 is 9.07. The molecule has 0 amide bonds. The zero-order valence-electron chi connectivity index (χ0n) is 2.15. The second kappa shape index (κ2) is 4.56. The third kappa shape index (κ3) is 4.56. The van der Waals surface area contributed by atoms with E-state index in [1.807, 2.05) is 0 Å². The molecule has 0 saturated carbocycles. The van der Waals surface area contributed by atoms with Crippen LogP contribution in [0.3, 0.4) is 0 Å². The highest BCUT2D eigenvalue weighted by atomic mass is 35.5. The van der Waals surface area contributed by atoms with Gasteiger partial charge in [-0.1, -0.05) is 0 Å². The highest BCUT2D eigenvalue weighted by molar-refractivity contribution is 6.36. The molecule has 0 aliphatic heterocycles. The highest BCUT2D eigenvalue weighted by Gasteiger charge is 1.81. The van der Waals surface area contributed by atoms with Gasteiger partial charge >= 0.3 is 7.69 Å². The van der Waals surface area contributed by atoms with Crippen molar-refractivity contribution in [2.24, 2.45) is 0 Å². The van der Waals surface area contributed by atoms with E-state index in [2.05, 4.69) is 32.1 Å². The van der Waals surface area contributed by atoms with Crippen molar-refractivity contribution in [2.75, 3.05) is 0 Å². The summed E-state index contributed by atoms with van der Waals surface area (Å²) in [5.74, 6) is 0. The van der Waals surface area contributed by atoms with Crippen molar-refractivity contribution in [3.05, 3.63) is 0 Å². The Morgan fingerprint density at radius 3 is 1.60 bits per heavy atom. The van der Waals surface area contributed by atoms with Crippen LogP contribution in [0.2, 0.25) is 0 Å². The van der Waals surface area contributed by atoms with Gasteiger partial charge in [0.15, 0.2) is 0 Å². The van der Waals surface area contributed by atoms with Crippen LogP contribution in [0.25, 0.3) is 0 Å². The van der Waals surface area contributed by atoms with Gasteiger partial charge in [-0.2, -0.15) is 0 Å². The van der Waals surface area contributed by atoms with E-state index in [4.69, 9.17) is 0 Å². The Bertz CT molecular complexity index is 15.1. The number of halogens is 2. The summed E-state index contributed by atoms with van der Waals surface area (Å²) in [4.78, 5) is 0. The smallest absolute Gasteiger partial charge is 0.307 e. The van der Waals surface area contributed by atoms with E-state index in [-0.39, 0.29) is 0 Å². The van der Waals surface area contributed by atoms with Crippen molar-refractivity contribution in [2.45, 2.75) is 0 Å². The van der Waals surface area contributed by atoms with Crippen molar-refractivity contribution in [1.29, 1.82) is 0 Å². The predicted octanol–water partition coefficient (Wildman–Crippen LogP) is 0.861. The third-order valence-corrected chi connectivity index (χ3v) is 0.218. The molecule has 0 aromatic heterocycles. The minimum Gasteiger partial charge on any atom is -0.307 e. The van der Waals surface area contributed by atoms with Gasteiger partial charge in [0.1, 0.15) is 0 Å². The molecule has 2 nitrogen and oxygen atoms in total. The van der Waals surface area contributed by atoms with Crippen LogP contribution in [0.1, 0.15) is 0 Å². The monoisotopic (exact) mass is 113 g/mol. The lowest BCUT2D eigenvalue weighted by Gasteiger charge is -1.75. The highest BCUT2D eigenvalue weighted by Crippen LogP contribution is 1.78. The van der Waals surface area contributed by atoms with E-state index in [1.165, 1.54) is 0 Å². The second-order valence-electron chi connectivity index (χ2n) is 0.274. The molecule has 0 rings (SSSR count). The maximum atomic E-state index is 4.54. The standard InChI is InChI=1S/BCl2O2/c2-4-1-5-3. The van der Waals surface area contributed by atoms with Crippen molar-refractivity contribution in [3.8, 4) is 0 Å². The SMILES string of the molecule is ClO[B]OCl. The first-order valence-electron chi connectivity index (χ1n) is 0.780. The molecule has 0 aliphatic carbocycles. The van der Waals surface area contributed by atoms with Gasteiger partial charge in [0.2, 0.25) is 0 Å². The van der Waals surface area contributed by atoms with Crippen LogP contribution in [-0.4, -0.2) is 7.69 Å². The van der Waals surface area contributed by atoms with Gasteiger partial charge < -0.3 is 8.41 Å². The molecule has 0 spiro atoms. The Labute approximate surface area is 40.6 Å². The van der Waals surface area contributed by atoms with E-state index in [9.17, 15) is 0 Å². The number of hydrogen-bond donors (Lipinski definition) is 0. The van der Waals surface area contributed by atoms with E-state index in [0.717, 1.165) is 7.69 Å². The van der Waals surface area contributed by atoms with Gasteiger partial charge in [0, 0.05) is 23.7 Å². The molecule has 0 aliphatic rings. The van der Waals surface area contributed by atoms with Crippen LogP contribution in [-0.2, 0) is 8.41 Å². The average Bonchev–Trinajstić information content (AvgIpc) is 1.41. The van der Waals surface area contributed by atoms with Crippen molar-refractivity contribution in [1.82, 2.24) is 0 Å². The maximum Gasteiger partial charge on any atom is 0.523 e. The molecular formula is BCl2O2. The molecule has 1 radical (unpaired) electrons. The molecular weight excluding hydrogens is 114 g/mol. The fourth-order valence-corrected chi connectivity index (χ4v) is 0.124. The predicted molar refractivity (Wildman–Crippen MR) is 19.6 cm³/mol. The summed E-state index contributed by atoms with van der Waals surface area (Å²) in [5.41, 5.74) is 0. The van der Waals surface area contributed by atoms with Crippen LogP contribution in [0, 0.1) is 0 Å². The van der Waals surface area contributed by atoms with Crippen LogP contribution in [0.15, 0.2) is 0 Å². The fraction of sp³-hybridized carbons (Fsp3) is 0. The third-order valence-electron chi connectivity index (χ3n) is 0.0727. The van der Waals surface area contributed by atoms with E-state index < -0.39 is 0 Å². The quantitative estimate of drug-likeness (QED) is 0.495. The first kappa shape index (κ1) is 5.56. The molecule has 5 heavy (non-hydrogen) atoms. The lowest BCUT2D eigenvalue weighted by atomic mass is 10.4. The van der Waals surface area contributed by atoms with Gasteiger partial charge in [0.05, 0.1) is 0 Å². The van der Waals surface area contributed by atoms with Crippen molar-refractivity contribution >= 4 is 31.4 Å². The first-order valence-corrected chi connectivity index (χ1v) is 1.40. The Morgan fingerprint density at radius 2 is 1.60 bits per heavy atom. The molecule has 5 heteroatoms. The molecule has 0 saturated heterocycles. The van der Waals surface area contributed by atoms with Crippen LogP contribution in [0.5, 0.6) is 0 Å². The zero-order chi connectivity index (χ0) is 4.12. The van der Waals surface area contributed by atoms with E-state index in [0.29, 0.717) is 0 Å². The van der Waals surface area contributed by atoms with Gasteiger partial charge in [-0.3, -0.25) is 0 Å². The first-order chi connectivity index (χ1) is 2.41. The molecule has 0 unspecified atom stereocenters. The second-order valence-corrected chi connectivity index (χ2v) is 0.631. The Morgan fingerprint density at radius 1 is 1.20 bits per heavy atom. The average molecular weight is 114 g/mol. The molecule has 0 bridgehead atoms. The number of rotatable bonds is 2. The molecule has 0 fully saturated rings. The lowest BCUT2D eigenvalue weighted by molar-refractivity contribution is 0.517. The molecule has 0 N–H and O–H groups in total. The van der Waals surface area contributed by atoms with Gasteiger partial charge in [-0.15, -0.1) is 0 Å². The zero-order valence-corrected chi connectivity index (χ0v) is 3.66. The fourth-order valence-electron chi connectivity index (χ4n) is 0.0137. The van der Waals surface area contributed by atoms with Crippen LogP contribution >= 0.6 is 23.7 Å². The Balaban J connectivity index is 2.19. The summed E-state index contributed by atoms with van der Waals surface area (Å²) in [5, 5.41) is 0. The Kier molecular flexibility index (Phi) is 5.08.